The van der Waals surface area contributed by atoms with Crippen LogP contribution >= 0.6 is 0 Å². The molecule has 2 saturated carbocycles. The number of pyridine rings is 1. The molecule has 4 N–H and O–H groups in total. The van der Waals surface area contributed by atoms with E-state index in [2.05, 4.69) is 26.9 Å². The smallest absolute Gasteiger partial charge is 0.339 e. The van der Waals surface area contributed by atoms with Crippen LogP contribution in [-0.2, 0) is 30.8 Å². The summed E-state index contributed by atoms with van der Waals surface area (Å²) in [7, 11) is -3.88. The minimum Gasteiger partial charge on any atom is -0.339 e. The van der Waals surface area contributed by atoms with E-state index >= 15 is 0 Å². The number of likely N-dealkylation sites (tertiary alicyclic amines) is 1. The van der Waals surface area contributed by atoms with Crippen LogP contribution < -0.4 is 20.9 Å². The lowest BCUT2D eigenvalue weighted by molar-refractivity contribution is -0.163. The van der Waals surface area contributed by atoms with Gasteiger partial charge in [0.1, 0.15) is 17.6 Å². The number of unbranched alkanes of at least 4 members (excludes halogenated alkanes) is 3. The number of rotatable bonds is 17. The largest absolute Gasteiger partial charge is 0.403 e. The molecule has 2 aromatic rings. The Labute approximate surface area is 296 Å². The Bertz CT molecular complexity index is 1790. The number of alkyl halides is 3. The Morgan fingerprint density at radius 2 is 1.82 bits per heavy atom. The first-order chi connectivity index (χ1) is 24.1. The van der Waals surface area contributed by atoms with E-state index in [9.17, 15) is 40.8 Å². The second-order valence-corrected chi connectivity index (χ2v) is 16.5. The molecule has 280 valence electrons. The Balaban J connectivity index is 1.16. The quantitative estimate of drug-likeness (QED) is 0.140. The number of benzene rings is 1. The first-order valence-electron chi connectivity index (χ1n) is 17.8. The van der Waals surface area contributed by atoms with E-state index in [-0.39, 0.29) is 37.8 Å². The zero-order chi connectivity index (χ0) is 37.1. The van der Waals surface area contributed by atoms with E-state index in [1.54, 1.807) is 20.0 Å². The fraction of sp³-hybridized carbons (Fsp3) is 0.611. The number of fused-ring (bicyclic) bond motifs is 1. The Hall–Kier alpha value is -3.72. The van der Waals surface area contributed by atoms with E-state index in [1.165, 1.54) is 11.0 Å². The van der Waals surface area contributed by atoms with Gasteiger partial charge in [0, 0.05) is 24.0 Å². The van der Waals surface area contributed by atoms with Gasteiger partial charge in [0.25, 0.3) is 11.5 Å². The van der Waals surface area contributed by atoms with Gasteiger partial charge in [-0.2, -0.15) is 13.2 Å². The van der Waals surface area contributed by atoms with Gasteiger partial charge in [-0.3, -0.25) is 29.2 Å². The van der Waals surface area contributed by atoms with Crippen molar-refractivity contribution in [1.29, 1.82) is 0 Å². The summed E-state index contributed by atoms with van der Waals surface area (Å²) in [4.78, 5) is 56.6. The number of H-pyrrole nitrogens is 1. The molecular weight excluding hydrogens is 687 g/mol. The number of carbonyl (C=O) groups excluding carboxylic acids is 3. The lowest BCUT2D eigenvalue weighted by Gasteiger charge is -2.34. The first-order valence-corrected chi connectivity index (χ1v) is 19.4. The van der Waals surface area contributed by atoms with Crippen LogP contribution in [0.25, 0.3) is 10.8 Å². The fourth-order valence-electron chi connectivity index (χ4n) is 7.02. The zero-order valence-electron chi connectivity index (χ0n) is 29.1. The molecular formula is C36H48F3N5O6S. The maximum atomic E-state index is 14.3. The predicted octanol–water partition coefficient (Wildman–Crippen LogP) is 4.23. The van der Waals surface area contributed by atoms with Gasteiger partial charge in [0.2, 0.25) is 21.8 Å². The SMILES string of the molecule is C=C[C@@H]1C[C@]1(NC(=O)[C@@H]1CCCN1C(=O)[C@@H](NC(CCCCCCc1ccc2cc[nH]c(=O)c2c1)C(F)(F)F)C(C)C)C(=O)NS(=O)(=O)C1CC1. The molecule has 3 fully saturated rings. The van der Waals surface area contributed by atoms with Crippen molar-refractivity contribution in [3.8, 4) is 0 Å². The number of carbonyl (C=O) groups is 3. The van der Waals surface area contributed by atoms with Crippen LogP contribution in [0.3, 0.4) is 0 Å². The molecule has 0 bridgehead atoms. The van der Waals surface area contributed by atoms with Crippen LogP contribution in [0.2, 0.25) is 0 Å². The monoisotopic (exact) mass is 735 g/mol. The Kier molecular flexibility index (Phi) is 11.7. The second kappa shape index (κ2) is 15.5. The van der Waals surface area contributed by atoms with Crippen LogP contribution in [0.5, 0.6) is 0 Å². The van der Waals surface area contributed by atoms with Gasteiger partial charge in [-0.1, -0.05) is 51.3 Å². The molecule has 11 nitrogen and oxygen atoms in total. The van der Waals surface area contributed by atoms with Crippen molar-refractivity contribution < 1.29 is 36.0 Å². The molecule has 5 atom stereocenters. The van der Waals surface area contributed by atoms with Crippen molar-refractivity contribution in [1.82, 2.24) is 25.2 Å². The third kappa shape index (κ3) is 9.02. The van der Waals surface area contributed by atoms with E-state index in [1.807, 2.05) is 24.3 Å². The van der Waals surface area contributed by atoms with Crippen molar-refractivity contribution in [3.63, 3.8) is 0 Å². The minimum absolute atomic E-state index is 0.142. The number of nitrogens with one attached hydrogen (secondary N) is 4. The topological polar surface area (TPSA) is 158 Å². The molecule has 2 aliphatic carbocycles. The van der Waals surface area contributed by atoms with Crippen LogP contribution in [0.1, 0.15) is 83.6 Å². The number of aromatic nitrogens is 1. The zero-order valence-corrected chi connectivity index (χ0v) is 29.9. The highest BCUT2D eigenvalue weighted by atomic mass is 32.2. The molecule has 0 spiro atoms. The Morgan fingerprint density at radius 1 is 1.10 bits per heavy atom. The molecule has 1 saturated heterocycles. The Morgan fingerprint density at radius 3 is 2.47 bits per heavy atom. The molecule has 1 aromatic heterocycles. The number of nitrogens with zero attached hydrogens (tertiary/aromatic N) is 1. The maximum absolute atomic E-state index is 14.3. The summed E-state index contributed by atoms with van der Waals surface area (Å²) < 4.78 is 69.8. The normalized spacial score (nSPS) is 23.2. The van der Waals surface area contributed by atoms with E-state index in [4.69, 9.17) is 0 Å². The molecule has 5 rings (SSSR count). The molecule has 3 amide bonds. The summed E-state index contributed by atoms with van der Waals surface area (Å²) >= 11 is 0. The van der Waals surface area contributed by atoms with Gasteiger partial charge in [0.05, 0.1) is 11.3 Å². The highest BCUT2D eigenvalue weighted by molar-refractivity contribution is 7.91. The highest BCUT2D eigenvalue weighted by Gasteiger charge is 2.61. The average molecular weight is 736 g/mol. The third-order valence-electron chi connectivity index (χ3n) is 10.3. The molecule has 0 radical (unpaired) electrons. The van der Waals surface area contributed by atoms with Gasteiger partial charge < -0.3 is 15.2 Å². The minimum atomic E-state index is -4.61. The fourth-order valence-corrected chi connectivity index (χ4v) is 8.39. The van der Waals surface area contributed by atoms with Crippen LogP contribution in [0.4, 0.5) is 13.2 Å². The van der Waals surface area contributed by atoms with Gasteiger partial charge in [-0.15, -0.1) is 6.58 Å². The van der Waals surface area contributed by atoms with Gasteiger partial charge in [-0.05, 0) is 80.4 Å². The summed E-state index contributed by atoms with van der Waals surface area (Å²) in [5.74, 6) is -3.18. The summed E-state index contributed by atoms with van der Waals surface area (Å²) in [6.07, 6.45) is 2.93. The van der Waals surface area contributed by atoms with Gasteiger partial charge >= 0.3 is 6.18 Å². The lowest BCUT2D eigenvalue weighted by atomic mass is 9.98. The van der Waals surface area contributed by atoms with Crippen LogP contribution in [-0.4, -0.2) is 77.7 Å². The first kappa shape index (κ1) is 38.5. The standard InChI is InChI=1S/C36H48F3N5O6S/c1-4-25-21-35(25,34(48)43-51(49,50)26-15-16-26)42-32(46)28-11-9-19-44(28)33(47)30(22(2)3)41-29(36(37,38)39)12-8-6-5-7-10-23-13-14-24-17-18-40-31(45)27(24)20-23/h4,13-14,17-18,20,22,25-26,28-30,41H,1,5-12,15-16,19,21H2,2-3H3,(H,40,45)(H,42,46)(H,43,48)/t25-,28+,29?,30+,35-/m1/s1. The summed E-state index contributed by atoms with van der Waals surface area (Å²) in [6.45, 7) is 7.14. The van der Waals surface area contributed by atoms with Crippen LogP contribution in [0.15, 0.2) is 47.9 Å². The highest BCUT2D eigenvalue weighted by Crippen LogP contribution is 2.45. The lowest BCUT2D eigenvalue weighted by Crippen LogP contribution is -2.60. The molecule has 15 heteroatoms. The summed E-state index contributed by atoms with van der Waals surface area (Å²) in [5.41, 5.74) is -0.707. The van der Waals surface area contributed by atoms with Crippen molar-refractivity contribution >= 4 is 38.5 Å². The van der Waals surface area contributed by atoms with Crippen molar-refractivity contribution in [2.45, 2.75) is 120 Å². The van der Waals surface area contributed by atoms with Gasteiger partial charge in [0.15, 0.2) is 0 Å². The molecule has 1 unspecified atom stereocenters. The van der Waals surface area contributed by atoms with E-state index in [0.29, 0.717) is 43.9 Å². The molecule has 1 aliphatic heterocycles. The molecule has 3 aliphatic rings. The third-order valence-corrected chi connectivity index (χ3v) is 12.2. The maximum Gasteiger partial charge on any atom is 0.403 e. The number of amides is 3. The predicted molar refractivity (Wildman–Crippen MR) is 187 cm³/mol. The molecule has 2 heterocycles. The van der Waals surface area contributed by atoms with Gasteiger partial charge in [-0.25, -0.2) is 8.42 Å². The van der Waals surface area contributed by atoms with Crippen molar-refractivity contribution in [2.24, 2.45) is 11.8 Å². The summed E-state index contributed by atoms with van der Waals surface area (Å²) in [6, 6.07) is 3.32. The molecule has 1 aromatic carbocycles. The number of hydrogen-bond donors (Lipinski definition) is 4. The summed E-state index contributed by atoms with van der Waals surface area (Å²) in [5, 5.41) is 6.05. The molecule has 51 heavy (non-hydrogen) atoms. The van der Waals surface area contributed by atoms with E-state index in [0.717, 1.165) is 17.4 Å². The average Bonchev–Trinajstić information content (AvgIpc) is 3.99. The van der Waals surface area contributed by atoms with Crippen molar-refractivity contribution in [3.05, 3.63) is 59.0 Å². The number of hydrogen-bond acceptors (Lipinski definition) is 7. The number of halogens is 3. The number of sulfonamides is 1. The van der Waals surface area contributed by atoms with E-state index < -0.39 is 74.7 Å². The number of aryl methyl sites for hydroxylation is 1. The number of aromatic amines is 1. The van der Waals surface area contributed by atoms with Crippen LogP contribution in [0, 0.1) is 11.8 Å². The second-order valence-electron chi connectivity index (χ2n) is 14.5. The van der Waals surface area contributed by atoms with Crippen molar-refractivity contribution in [2.75, 3.05) is 6.54 Å².